The second kappa shape index (κ2) is 48.7. The molecule has 19 aliphatic carbocycles. The molecule has 20 aliphatic rings. The van der Waals surface area contributed by atoms with Crippen LogP contribution in [-0.2, 0) is 47.7 Å². The molecule has 1 aliphatic heterocycles. The van der Waals surface area contributed by atoms with Crippen LogP contribution in [-0.4, -0.2) is 80.8 Å². The Hall–Kier alpha value is -2.73. The van der Waals surface area contributed by atoms with Crippen molar-refractivity contribution in [3.63, 3.8) is 0 Å². The number of hydrogen-bond donors (Lipinski definition) is 2. The van der Waals surface area contributed by atoms with Crippen LogP contribution in [0.4, 0.5) is 0 Å². The van der Waals surface area contributed by atoms with E-state index in [-0.39, 0.29) is 197 Å². The fourth-order valence-corrected chi connectivity index (χ4v) is 31.9. The molecule has 0 amide bonds. The standard InChI is InChI=1S/C23H36O2.C18H30O2.C15H26O2.C14H24O2.C12H18O2.C12H22O.C9H16O.14CH4/c1-13-14(2)19-8-18(13)9-20(19)21(24)25-22(3,4)23-10-15-5-16(11-23)7-17(6-15)12-23;1-4-18(8-6-5-7-9-18)20-17(19)16-11-14-10-15(16)13(3)12(14)2;1-6-15(4,5)17-14(16)13-8-11-7-12(13)10(3)9(11)2;1-8-9(2)11-6-10(8)7-12(11)13(15)16-14(3,4)5;1-7-8(2)10-5-9(7)6-12(10)3-4-14-11(12)13;1-7-8(2)10-5-9(7)6-11(10)12(3,4)13;1-5-6(2)8-3-7(5)4-9(8)10;;;;;;;;;;;;;;/h13-20H,5-12H2,1-4H3;12-16H,4-11H2,1-3H3;9-13H,6-8H2,1-5H3;8-12H,6-7H2,1-5H3;7-10H,3-6H2,1-2H3;7-11,13H,5-6H2,1-4H3;5-10H,3-4H2,1-2H3;14*1H4. The summed E-state index contributed by atoms with van der Waals surface area (Å²) < 4.78 is 28.9. The average Bonchev–Trinajstić information content (AvgIpc) is 1.21. The van der Waals surface area contributed by atoms with Gasteiger partial charge in [0, 0.05) is 5.41 Å². The Labute approximate surface area is 804 Å². The third-order valence-corrected chi connectivity index (χ3v) is 40.8. The molecular formula is C117H228O12. The molecule has 18 bridgehead atoms. The molecule has 35 unspecified atom stereocenters. The molecule has 0 aromatic carbocycles. The van der Waals surface area contributed by atoms with E-state index >= 15 is 0 Å². The number of cyclic esters (lactones) is 1. The highest BCUT2D eigenvalue weighted by molar-refractivity contribution is 5.80. The first kappa shape index (κ1) is 128. The fraction of sp³-hybridized carbons (Fsp3) is 0.957. The van der Waals surface area contributed by atoms with E-state index in [1.807, 2.05) is 48.5 Å². The van der Waals surface area contributed by atoms with Gasteiger partial charge in [0.25, 0.3) is 0 Å². The molecule has 1 spiro atoms. The molecule has 35 atom stereocenters. The van der Waals surface area contributed by atoms with Crippen molar-refractivity contribution in [1.29, 1.82) is 0 Å². The monoisotopic (exact) mass is 1830 g/mol. The first-order chi connectivity index (χ1) is 53.7. The van der Waals surface area contributed by atoms with E-state index in [2.05, 4.69) is 125 Å². The van der Waals surface area contributed by atoms with Crippen LogP contribution in [0.2, 0.25) is 0 Å². The number of aliphatic hydroxyl groups excluding tert-OH is 1. The topological polar surface area (TPSA) is 172 Å². The maximum absolute atomic E-state index is 13.2. The van der Waals surface area contributed by atoms with Gasteiger partial charge in [0.2, 0.25) is 0 Å². The van der Waals surface area contributed by atoms with Crippen LogP contribution in [0.15, 0.2) is 0 Å². The van der Waals surface area contributed by atoms with Crippen molar-refractivity contribution in [3.05, 3.63) is 0 Å². The van der Waals surface area contributed by atoms with E-state index in [1.54, 1.807) is 0 Å². The zero-order valence-electron chi connectivity index (χ0n) is 77.8. The minimum atomic E-state index is -0.451. The lowest BCUT2D eigenvalue weighted by Gasteiger charge is -2.61. The molecule has 0 radical (unpaired) electrons. The summed E-state index contributed by atoms with van der Waals surface area (Å²) in [5.74, 6) is 25.4. The number of carbonyl (C=O) groups is 5. The molecule has 1 heterocycles. The molecule has 20 fully saturated rings. The van der Waals surface area contributed by atoms with E-state index in [0.29, 0.717) is 71.7 Å². The minimum Gasteiger partial charge on any atom is -0.465 e. The van der Waals surface area contributed by atoms with Crippen molar-refractivity contribution in [1.82, 2.24) is 0 Å². The second-order valence-electron chi connectivity index (χ2n) is 48.2. The van der Waals surface area contributed by atoms with Gasteiger partial charge in [-0.25, -0.2) is 0 Å². The Morgan fingerprint density at radius 1 is 0.364 bits per heavy atom. The second-order valence-corrected chi connectivity index (χ2v) is 48.2. The third kappa shape index (κ3) is 25.1. The Balaban J connectivity index is 0. The van der Waals surface area contributed by atoms with Gasteiger partial charge in [-0.05, 0) is 425 Å². The average molecular weight is 1830 g/mol. The summed E-state index contributed by atoms with van der Waals surface area (Å²) in [6, 6.07) is 0. The Bertz CT molecular complexity index is 3320. The van der Waals surface area contributed by atoms with Crippen LogP contribution >= 0.6 is 0 Å². The predicted octanol–water partition coefficient (Wildman–Crippen LogP) is 32.4. The highest BCUT2D eigenvalue weighted by Crippen LogP contribution is 2.68. The maximum atomic E-state index is 13.2. The van der Waals surface area contributed by atoms with E-state index in [0.717, 1.165) is 195 Å². The molecule has 12 nitrogen and oxygen atoms in total. The summed E-state index contributed by atoms with van der Waals surface area (Å²) in [4.78, 5) is 62.0. The molecule has 0 aromatic heterocycles. The lowest BCUT2D eigenvalue weighted by Crippen LogP contribution is -2.57. The molecule has 12 heteroatoms. The predicted molar refractivity (Wildman–Crippen MR) is 553 cm³/mol. The van der Waals surface area contributed by atoms with Crippen molar-refractivity contribution in [3.8, 4) is 0 Å². The van der Waals surface area contributed by atoms with Gasteiger partial charge >= 0.3 is 29.8 Å². The number of esters is 5. The normalized spacial score (nSPS) is 43.3. The number of ether oxygens (including phenoxy) is 5. The van der Waals surface area contributed by atoms with E-state index < -0.39 is 5.60 Å². The minimum absolute atomic E-state index is 0. The van der Waals surface area contributed by atoms with Crippen molar-refractivity contribution < 1.29 is 57.9 Å². The summed E-state index contributed by atoms with van der Waals surface area (Å²) in [6.45, 7) is 56.0. The fourth-order valence-electron chi connectivity index (χ4n) is 31.9. The van der Waals surface area contributed by atoms with Gasteiger partial charge in [0.05, 0.1) is 47.4 Å². The zero-order chi connectivity index (χ0) is 83.8. The number of hydrogen-bond acceptors (Lipinski definition) is 12. The molecular weight excluding hydrogens is 1600 g/mol. The summed E-state index contributed by atoms with van der Waals surface area (Å²) in [5, 5.41) is 19.6. The van der Waals surface area contributed by atoms with E-state index in [1.165, 1.54) is 109 Å². The molecule has 1 saturated heterocycles. The van der Waals surface area contributed by atoms with Crippen LogP contribution in [0.3, 0.4) is 0 Å². The zero-order valence-corrected chi connectivity index (χ0v) is 77.8. The lowest BCUT2D eigenvalue weighted by atomic mass is 9.46. The van der Waals surface area contributed by atoms with Crippen LogP contribution in [0.1, 0.15) is 457 Å². The van der Waals surface area contributed by atoms with Gasteiger partial charge in [-0.1, -0.05) is 221 Å². The number of aliphatic hydroxyl groups is 2. The molecule has 19 saturated carbocycles. The van der Waals surface area contributed by atoms with Crippen LogP contribution in [0.5, 0.6) is 0 Å². The Morgan fingerprint density at radius 2 is 0.698 bits per heavy atom. The van der Waals surface area contributed by atoms with Gasteiger partial charge < -0.3 is 33.9 Å². The molecule has 129 heavy (non-hydrogen) atoms. The summed E-state index contributed by atoms with van der Waals surface area (Å²) in [6.07, 6.45) is 33.8. The Morgan fingerprint density at radius 3 is 0.992 bits per heavy atom. The lowest BCUT2D eigenvalue weighted by molar-refractivity contribution is -0.204. The van der Waals surface area contributed by atoms with Crippen molar-refractivity contribution in [2.75, 3.05) is 6.61 Å². The molecule has 20 rings (SSSR count). The quantitative estimate of drug-likeness (QED) is 0.148. The number of carbonyl (C=O) groups excluding carboxylic acids is 5. The van der Waals surface area contributed by atoms with Gasteiger partial charge in [0.1, 0.15) is 22.4 Å². The van der Waals surface area contributed by atoms with E-state index in [9.17, 15) is 34.2 Å². The smallest absolute Gasteiger partial charge is 0.312 e. The van der Waals surface area contributed by atoms with Gasteiger partial charge in [-0.3, -0.25) is 24.0 Å². The summed E-state index contributed by atoms with van der Waals surface area (Å²) >= 11 is 0. The maximum Gasteiger partial charge on any atom is 0.312 e. The van der Waals surface area contributed by atoms with Gasteiger partial charge in [-0.2, -0.15) is 0 Å². The highest BCUT2D eigenvalue weighted by atomic mass is 16.6. The first-order valence-electron chi connectivity index (χ1n) is 49.2. The molecule has 768 valence electrons. The molecule has 2 N–H and O–H groups in total. The highest BCUT2D eigenvalue weighted by Gasteiger charge is 2.65. The van der Waals surface area contributed by atoms with E-state index in [4.69, 9.17) is 23.7 Å². The van der Waals surface area contributed by atoms with Crippen molar-refractivity contribution in [2.24, 2.45) is 224 Å². The van der Waals surface area contributed by atoms with Crippen LogP contribution in [0.25, 0.3) is 0 Å². The van der Waals surface area contributed by atoms with Gasteiger partial charge in [0.15, 0.2) is 0 Å². The SMILES string of the molecule is C.C.C.C.C.C.C.C.C.C.C.C.C.C.CC1C2CC(C(=O)OC(C)(C)C)C(C2)C1C.CC1C2CC(C(=O)OC(C)(C)C34CC5CC(CC(C5)C3)C4)C(C2)C1C.CC1C2CC(C1C)C(C(C)(C)O)C2.CC1C2CC(C1C)C1(CCOC1=O)C2.CC1C2CC(O)C(C2)C1C.CCC(C)(C)OC(=O)C1CC2CC1C(C)C2C.CCC1(OC(=O)C2CC3CC2C(C)C3C)CCCCC1. The van der Waals surface area contributed by atoms with Crippen molar-refractivity contribution >= 4 is 29.8 Å². The summed E-state index contributed by atoms with van der Waals surface area (Å²) in [7, 11) is 0. The van der Waals surface area contributed by atoms with Crippen LogP contribution < -0.4 is 0 Å². The number of rotatable bonds is 11. The van der Waals surface area contributed by atoms with Crippen molar-refractivity contribution in [2.45, 2.75) is 491 Å². The van der Waals surface area contributed by atoms with Gasteiger partial charge in [-0.15, -0.1) is 0 Å². The third-order valence-electron chi connectivity index (χ3n) is 40.8. The van der Waals surface area contributed by atoms with Crippen LogP contribution in [0, 0.1) is 224 Å². The Kier molecular flexibility index (Phi) is 48.5. The molecule has 0 aromatic rings. The first-order valence-corrected chi connectivity index (χ1v) is 49.2. The number of fused-ring (bicyclic) bond motifs is 15. The largest absolute Gasteiger partial charge is 0.465 e. The summed E-state index contributed by atoms with van der Waals surface area (Å²) in [5.41, 5.74) is -1.26.